The van der Waals surface area contributed by atoms with Gasteiger partial charge in [0.2, 0.25) is 0 Å². The molecule has 2 aromatic heterocycles. The lowest BCUT2D eigenvalue weighted by atomic mass is 10.0. The summed E-state index contributed by atoms with van der Waals surface area (Å²) in [4.78, 5) is 4.01. The number of rotatable bonds is 6. The fourth-order valence-electron chi connectivity index (χ4n) is 2.12. The maximum atomic E-state index is 12.4. The highest BCUT2D eigenvalue weighted by molar-refractivity contribution is 5.53. The largest absolute Gasteiger partial charge is 0.389 e. The molecule has 0 saturated heterocycles. The highest BCUT2D eigenvalue weighted by Gasteiger charge is 2.29. The van der Waals surface area contributed by atoms with Gasteiger partial charge in [0.25, 0.3) is 0 Å². The van der Waals surface area contributed by atoms with Gasteiger partial charge in [-0.05, 0) is 19.4 Å². The average molecular weight is 286 g/mol. The summed E-state index contributed by atoms with van der Waals surface area (Å²) in [5, 5.41) is 7.30. The second-order valence-corrected chi connectivity index (χ2v) is 4.67. The SMILES string of the molecule is CCCNC(CCC(F)(F)F)c1cnn2ccncc12. The highest BCUT2D eigenvalue weighted by atomic mass is 19.4. The Labute approximate surface area is 115 Å². The lowest BCUT2D eigenvalue weighted by molar-refractivity contribution is -0.136. The molecule has 4 nitrogen and oxygen atoms in total. The van der Waals surface area contributed by atoms with Crippen molar-refractivity contribution in [3.63, 3.8) is 0 Å². The number of alkyl halides is 3. The van der Waals surface area contributed by atoms with E-state index in [0.717, 1.165) is 17.5 Å². The number of halogens is 3. The normalized spacial score (nSPS) is 13.8. The second-order valence-electron chi connectivity index (χ2n) is 4.67. The Hall–Kier alpha value is -1.63. The van der Waals surface area contributed by atoms with Gasteiger partial charge in [0.1, 0.15) is 0 Å². The second kappa shape index (κ2) is 6.21. The van der Waals surface area contributed by atoms with Crippen LogP contribution in [0.5, 0.6) is 0 Å². The minimum atomic E-state index is -4.15. The summed E-state index contributed by atoms with van der Waals surface area (Å²) < 4.78 is 38.9. The van der Waals surface area contributed by atoms with Crippen molar-refractivity contribution in [2.45, 2.75) is 38.4 Å². The van der Waals surface area contributed by atoms with E-state index < -0.39 is 12.6 Å². The molecule has 0 saturated carbocycles. The molecule has 2 rings (SSSR count). The van der Waals surface area contributed by atoms with E-state index in [2.05, 4.69) is 15.4 Å². The predicted molar refractivity (Wildman–Crippen MR) is 69.3 cm³/mol. The van der Waals surface area contributed by atoms with Gasteiger partial charge in [-0.3, -0.25) is 4.98 Å². The van der Waals surface area contributed by atoms with E-state index in [1.54, 1.807) is 29.3 Å². The lowest BCUT2D eigenvalue weighted by Crippen LogP contribution is -2.24. The smallest absolute Gasteiger partial charge is 0.310 e. The first kappa shape index (κ1) is 14.8. The van der Waals surface area contributed by atoms with Gasteiger partial charge >= 0.3 is 6.18 Å². The van der Waals surface area contributed by atoms with Crippen LogP contribution in [0.15, 0.2) is 24.8 Å². The van der Waals surface area contributed by atoms with Gasteiger partial charge in [-0.2, -0.15) is 18.3 Å². The Morgan fingerprint density at radius 3 is 2.85 bits per heavy atom. The summed E-state index contributed by atoms with van der Waals surface area (Å²) >= 11 is 0. The third kappa shape index (κ3) is 3.69. The highest BCUT2D eigenvalue weighted by Crippen LogP contribution is 2.29. The monoisotopic (exact) mass is 286 g/mol. The van der Waals surface area contributed by atoms with Crippen molar-refractivity contribution in [3.05, 3.63) is 30.4 Å². The summed E-state index contributed by atoms with van der Waals surface area (Å²) in [5.41, 5.74) is 1.50. The maximum absolute atomic E-state index is 12.4. The van der Waals surface area contributed by atoms with E-state index in [0.29, 0.717) is 6.54 Å². The number of aromatic nitrogens is 3. The Morgan fingerprint density at radius 1 is 1.35 bits per heavy atom. The van der Waals surface area contributed by atoms with Crippen LogP contribution in [0, 0.1) is 0 Å². The Morgan fingerprint density at radius 2 is 2.15 bits per heavy atom. The minimum absolute atomic E-state index is 0.000250. The van der Waals surface area contributed by atoms with E-state index >= 15 is 0 Å². The van der Waals surface area contributed by atoms with Crippen LogP contribution < -0.4 is 5.32 Å². The van der Waals surface area contributed by atoms with Crippen molar-refractivity contribution in [1.29, 1.82) is 0 Å². The van der Waals surface area contributed by atoms with Crippen LogP contribution in [0.1, 0.15) is 37.8 Å². The van der Waals surface area contributed by atoms with Gasteiger partial charge in [0.05, 0.1) is 17.9 Å². The van der Waals surface area contributed by atoms with Crippen LogP contribution in [-0.4, -0.2) is 27.3 Å². The molecule has 0 spiro atoms. The molecule has 0 aromatic carbocycles. The van der Waals surface area contributed by atoms with Gasteiger partial charge in [0.15, 0.2) is 0 Å². The summed E-state index contributed by atoms with van der Waals surface area (Å²) in [7, 11) is 0. The van der Waals surface area contributed by atoms with E-state index in [-0.39, 0.29) is 12.5 Å². The maximum Gasteiger partial charge on any atom is 0.389 e. The first-order valence-electron chi connectivity index (χ1n) is 6.58. The molecule has 2 aromatic rings. The Kier molecular flexibility index (Phi) is 4.59. The van der Waals surface area contributed by atoms with E-state index in [1.165, 1.54) is 0 Å². The van der Waals surface area contributed by atoms with Crippen molar-refractivity contribution in [2.24, 2.45) is 0 Å². The first-order valence-corrected chi connectivity index (χ1v) is 6.58. The molecule has 1 unspecified atom stereocenters. The number of fused-ring (bicyclic) bond motifs is 1. The zero-order chi connectivity index (χ0) is 14.6. The molecule has 0 amide bonds. The summed E-state index contributed by atoms with van der Waals surface area (Å²) in [6.45, 7) is 2.64. The minimum Gasteiger partial charge on any atom is -0.310 e. The molecule has 110 valence electrons. The summed E-state index contributed by atoms with van der Waals surface area (Å²) in [6.07, 6.45) is 2.41. The molecule has 0 aliphatic heterocycles. The van der Waals surface area contributed by atoms with Crippen molar-refractivity contribution < 1.29 is 13.2 Å². The molecule has 1 N–H and O–H groups in total. The number of hydrogen-bond acceptors (Lipinski definition) is 3. The van der Waals surface area contributed by atoms with Gasteiger partial charge in [-0.25, -0.2) is 4.52 Å². The van der Waals surface area contributed by atoms with Gasteiger partial charge in [0, 0.05) is 30.4 Å². The molecule has 0 bridgehead atoms. The van der Waals surface area contributed by atoms with Gasteiger partial charge in [-0.15, -0.1) is 0 Å². The quantitative estimate of drug-likeness (QED) is 0.887. The molecular weight excluding hydrogens is 269 g/mol. The number of nitrogens with zero attached hydrogens (tertiary/aromatic N) is 3. The fraction of sp³-hybridized carbons (Fsp3) is 0.538. The molecule has 0 fully saturated rings. The van der Waals surface area contributed by atoms with Crippen LogP contribution >= 0.6 is 0 Å². The van der Waals surface area contributed by atoms with Crippen LogP contribution in [0.25, 0.3) is 5.52 Å². The molecule has 0 radical (unpaired) electrons. The number of hydrogen-bond donors (Lipinski definition) is 1. The van der Waals surface area contributed by atoms with Crippen molar-refractivity contribution in [3.8, 4) is 0 Å². The lowest BCUT2D eigenvalue weighted by Gasteiger charge is -2.18. The van der Waals surface area contributed by atoms with Crippen LogP contribution in [0.3, 0.4) is 0 Å². The third-order valence-corrected chi connectivity index (χ3v) is 3.09. The fourth-order valence-corrected chi connectivity index (χ4v) is 2.12. The first-order chi connectivity index (χ1) is 9.51. The number of nitrogens with one attached hydrogen (secondary N) is 1. The van der Waals surface area contributed by atoms with Crippen LogP contribution in [0.2, 0.25) is 0 Å². The zero-order valence-electron chi connectivity index (χ0n) is 11.2. The Bertz CT molecular complexity index is 550. The van der Waals surface area contributed by atoms with Crippen LogP contribution in [-0.2, 0) is 0 Å². The molecule has 7 heteroatoms. The molecule has 1 atom stereocenters. The molecule has 2 heterocycles. The zero-order valence-corrected chi connectivity index (χ0v) is 11.2. The van der Waals surface area contributed by atoms with Gasteiger partial charge in [-0.1, -0.05) is 6.92 Å². The standard InChI is InChI=1S/C13H17F3N4/c1-2-5-18-11(3-4-13(14,15)16)10-8-19-20-7-6-17-9-12(10)20/h6-9,11,18H,2-5H2,1H3. The van der Waals surface area contributed by atoms with E-state index in [4.69, 9.17) is 0 Å². The predicted octanol–water partition coefficient (Wildman–Crippen LogP) is 3.11. The van der Waals surface area contributed by atoms with E-state index in [9.17, 15) is 13.2 Å². The molecule has 0 aliphatic rings. The van der Waals surface area contributed by atoms with Crippen LogP contribution in [0.4, 0.5) is 13.2 Å². The van der Waals surface area contributed by atoms with Crippen molar-refractivity contribution in [2.75, 3.05) is 6.54 Å². The molecule has 20 heavy (non-hydrogen) atoms. The molecule has 0 aliphatic carbocycles. The van der Waals surface area contributed by atoms with E-state index in [1.807, 2.05) is 6.92 Å². The van der Waals surface area contributed by atoms with Crippen molar-refractivity contribution >= 4 is 5.52 Å². The molecular formula is C13H17F3N4. The summed E-state index contributed by atoms with van der Waals surface area (Å²) in [6, 6.07) is -0.363. The van der Waals surface area contributed by atoms with Gasteiger partial charge < -0.3 is 5.32 Å². The van der Waals surface area contributed by atoms with Crippen molar-refractivity contribution in [1.82, 2.24) is 19.9 Å². The Balaban J connectivity index is 2.21. The summed E-state index contributed by atoms with van der Waals surface area (Å²) in [5.74, 6) is 0. The average Bonchev–Trinajstić information content (AvgIpc) is 2.82. The topological polar surface area (TPSA) is 42.2 Å². The third-order valence-electron chi connectivity index (χ3n) is 3.09.